The van der Waals surface area contributed by atoms with Crippen molar-refractivity contribution in [3.63, 3.8) is 0 Å². The molecule has 0 heterocycles. The lowest BCUT2D eigenvalue weighted by molar-refractivity contribution is 0.194. The topological polar surface area (TPSA) is 20.2 Å². The molecule has 12 heavy (non-hydrogen) atoms. The van der Waals surface area contributed by atoms with Gasteiger partial charge in [-0.25, -0.2) is 8.78 Å². The zero-order valence-corrected chi connectivity index (χ0v) is 6.72. The molecule has 1 aromatic carbocycles. The summed E-state index contributed by atoms with van der Waals surface area (Å²) in [4.78, 5) is 0. The summed E-state index contributed by atoms with van der Waals surface area (Å²) in [6.07, 6.45) is -0.392. The van der Waals surface area contributed by atoms with Crippen LogP contribution in [0.3, 0.4) is 0 Å². The van der Waals surface area contributed by atoms with E-state index >= 15 is 0 Å². The van der Waals surface area contributed by atoms with E-state index in [1.807, 2.05) is 0 Å². The van der Waals surface area contributed by atoms with Crippen molar-refractivity contribution >= 4 is 0 Å². The van der Waals surface area contributed by atoms with Gasteiger partial charge >= 0.3 is 0 Å². The van der Waals surface area contributed by atoms with Crippen LogP contribution in [0.5, 0.6) is 0 Å². The van der Waals surface area contributed by atoms with Gasteiger partial charge in [-0.15, -0.1) is 0 Å². The van der Waals surface area contributed by atoms with Crippen molar-refractivity contribution in [3.8, 4) is 0 Å². The highest BCUT2D eigenvalue weighted by Crippen LogP contribution is 2.11. The van der Waals surface area contributed by atoms with Crippen LogP contribution in [0.2, 0.25) is 0 Å². The minimum Gasteiger partial charge on any atom is -0.393 e. The minimum absolute atomic E-state index is 0.214. The van der Waals surface area contributed by atoms with Gasteiger partial charge in [0.2, 0.25) is 0 Å². The predicted octanol–water partition coefficient (Wildman–Crippen LogP) is 1.89. The van der Waals surface area contributed by atoms with Crippen molar-refractivity contribution in [2.24, 2.45) is 0 Å². The molecule has 1 aromatic rings. The predicted molar refractivity (Wildman–Crippen MR) is 41.7 cm³/mol. The van der Waals surface area contributed by atoms with E-state index in [1.165, 1.54) is 12.1 Å². The van der Waals surface area contributed by atoms with Crippen molar-refractivity contribution in [2.45, 2.75) is 19.4 Å². The number of aliphatic hydroxyl groups excluding tert-OH is 1. The first kappa shape index (κ1) is 9.13. The summed E-state index contributed by atoms with van der Waals surface area (Å²) in [6.45, 7) is 1.56. The molecule has 1 N–H and O–H groups in total. The van der Waals surface area contributed by atoms with Gasteiger partial charge in [0.05, 0.1) is 6.10 Å². The van der Waals surface area contributed by atoms with E-state index in [0.29, 0.717) is 5.56 Å². The van der Waals surface area contributed by atoms with Gasteiger partial charge in [0, 0.05) is 12.5 Å². The van der Waals surface area contributed by atoms with Crippen LogP contribution < -0.4 is 0 Å². The number of benzene rings is 1. The standard InChI is InChI=1S/C9H10F2O/c1-6(12)4-7-2-3-8(10)5-9(7)11/h2-3,5-6,12H,4H2,1H3/t6-/m0/s1. The van der Waals surface area contributed by atoms with Gasteiger partial charge < -0.3 is 5.11 Å². The lowest BCUT2D eigenvalue weighted by Gasteiger charge is -2.04. The van der Waals surface area contributed by atoms with E-state index in [-0.39, 0.29) is 6.42 Å². The summed E-state index contributed by atoms with van der Waals surface area (Å²) in [5, 5.41) is 8.94. The van der Waals surface area contributed by atoms with E-state index in [4.69, 9.17) is 5.11 Å². The van der Waals surface area contributed by atoms with Crippen molar-refractivity contribution in [1.29, 1.82) is 0 Å². The van der Waals surface area contributed by atoms with Crippen LogP contribution >= 0.6 is 0 Å². The summed E-state index contributed by atoms with van der Waals surface area (Å²) in [5.74, 6) is -1.20. The lowest BCUT2D eigenvalue weighted by Crippen LogP contribution is -2.06. The highest BCUT2D eigenvalue weighted by molar-refractivity contribution is 5.19. The average molecular weight is 172 g/mol. The van der Waals surface area contributed by atoms with Crippen LogP contribution in [0.1, 0.15) is 12.5 Å². The smallest absolute Gasteiger partial charge is 0.129 e. The summed E-state index contributed by atoms with van der Waals surface area (Å²) in [7, 11) is 0. The second kappa shape index (κ2) is 3.63. The fraction of sp³-hybridized carbons (Fsp3) is 0.333. The molecule has 0 spiro atoms. The molecule has 0 bridgehead atoms. The molecule has 3 heteroatoms. The molecule has 0 aliphatic rings. The van der Waals surface area contributed by atoms with E-state index in [2.05, 4.69) is 0 Å². The largest absolute Gasteiger partial charge is 0.393 e. The second-order valence-electron chi connectivity index (χ2n) is 2.79. The Balaban J connectivity index is 2.86. The quantitative estimate of drug-likeness (QED) is 0.722. The molecule has 0 radical (unpaired) electrons. The maximum Gasteiger partial charge on any atom is 0.129 e. The zero-order valence-electron chi connectivity index (χ0n) is 6.72. The average Bonchev–Trinajstić information content (AvgIpc) is 1.94. The summed E-state index contributed by atoms with van der Waals surface area (Å²) < 4.78 is 25.2. The molecule has 0 saturated heterocycles. The third-order valence-electron chi connectivity index (χ3n) is 1.53. The highest BCUT2D eigenvalue weighted by atomic mass is 19.1. The molecular formula is C9H10F2O. The van der Waals surface area contributed by atoms with Crippen LogP contribution in [0.4, 0.5) is 8.78 Å². The molecule has 0 unspecified atom stereocenters. The summed E-state index contributed by atoms with van der Waals surface area (Å²) >= 11 is 0. The first-order chi connectivity index (χ1) is 5.59. The maximum atomic E-state index is 12.9. The molecule has 0 aromatic heterocycles. The fourth-order valence-corrected chi connectivity index (χ4v) is 1.01. The molecule has 1 atom stereocenters. The first-order valence-corrected chi connectivity index (χ1v) is 3.71. The van der Waals surface area contributed by atoms with Gasteiger partial charge in [-0.3, -0.25) is 0 Å². The number of hydrogen-bond acceptors (Lipinski definition) is 1. The van der Waals surface area contributed by atoms with Gasteiger partial charge in [0.25, 0.3) is 0 Å². The molecular weight excluding hydrogens is 162 g/mol. The van der Waals surface area contributed by atoms with Gasteiger partial charge in [0.1, 0.15) is 11.6 Å². The normalized spacial score (nSPS) is 13.0. The first-order valence-electron chi connectivity index (χ1n) is 3.71. The van der Waals surface area contributed by atoms with Crippen LogP contribution in [-0.2, 0) is 6.42 Å². The Morgan fingerprint density at radius 2 is 2.08 bits per heavy atom. The minimum atomic E-state index is -0.607. The van der Waals surface area contributed by atoms with Crippen molar-refractivity contribution in [3.05, 3.63) is 35.4 Å². The van der Waals surface area contributed by atoms with Gasteiger partial charge in [0.15, 0.2) is 0 Å². The third kappa shape index (κ3) is 2.27. The molecule has 66 valence electrons. The Labute approximate surface area is 69.7 Å². The van der Waals surface area contributed by atoms with Crippen molar-refractivity contribution in [2.75, 3.05) is 0 Å². The van der Waals surface area contributed by atoms with Gasteiger partial charge in [-0.05, 0) is 18.6 Å². The molecule has 0 amide bonds. The fourth-order valence-electron chi connectivity index (χ4n) is 1.01. The van der Waals surface area contributed by atoms with Crippen molar-refractivity contribution in [1.82, 2.24) is 0 Å². The van der Waals surface area contributed by atoms with E-state index in [1.54, 1.807) is 6.92 Å². The number of aliphatic hydroxyl groups is 1. The molecule has 0 fully saturated rings. The molecule has 1 nitrogen and oxygen atoms in total. The van der Waals surface area contributed by atoms with Crippen LogP contribution in [0.15, 0.2) is 18.2 Å². The third-order valence-corrected chi connectivity index (χ3v) is 1.53. The lowest BCUT2D eigenvalue weighted by atomic mass is 10.1. The highest BCUT2D eigenvalue weighted by Gasteiger charge is 2.05. The molecule has 0 aliphatic heterocycles. The summed E-state index contributed by atoms with van der Waals surface area (Å²) in [5.41, 5.74) is 0.339. The molecule has 0 aliphatic carbocycles. The number of rotatable bonds is 2. The SMILES string of the molecule is C[C@H](O)Cc1ccc(F)cc1F. The van der Waals surface area contributed by atoms with Crippen molar-refractivity contribution < 1.29 is 13.9 Å². The Hall–Kier alpha value is -0.960. The van der Waals surface area contributed by atoms with E-state index in [9.17, 15) is 8.78 Å². The Morgan fingerprint density at radius 3 is 2.58 bits per heavy atom. The molecule has 1 rings (SSSR count). The van der Waals surface area contributed by atoms with E-state index in [0.717, 1.165) is 6.07 Å². The number of hydrogen-bond donors (Lipinski definition) is 1. The Kier molecular flexibility index (Phi) is 2.76. The zero-order chi connectivity index (χ0) is 9.14. The Morgan fingerprint density at radius 1 is 1.42 bits per heavy atom. The van der Waals surface area contributed by atoms with E-state index < -0.39 is 17.7 Å². The van der Waals surface area contributed by atoms with Crippen LogP contribution in [0, 0.1) is 11.6 Å². The molecule has 0 saturated carbocycles. The monoisotopic (exact) mass is 172 g/mol. The second-order valence-corrected chi connectivity index (χ2v) is 2.79. The maximum absolute atomic E-state index is 12.9. The Bertz CT molecular complexity index is 271. The summed E-state index contributed by atoms with van der Waals surface area (Å²) in [6, 6.07) is 3.34. The van der Waals surface area contributed by atoms with Gasteiger partial charge in [-0.2, -0.15) is 0 Å². The number of halogens is 2. The van der Waals surface area contributed by atoms with Crippen LogP contribution in [0.25, 0.3) is 0 Å². The van der Waals surface area contributed by atoms with Gasteiger partial charge in [-0.1, -0.05) is 6.07 Å². The van der Waals surface area contributed by atoms with Crippen LogP contribution in [-0.4, -0.2) is 11.2 Å².